The van der Waals surface area contributed by atoms with Gasteiger partial charge < -0.3 is 15.5 Å². The Labute approximate surface area is 172 Å². The molecule has 1 aliphatic carbocycles. The molecule has 9 heteroatoms. The van der Waals surface area contributed by atoms with E-state index in [0.717, 1.165) is 29.5 Å². The third kappa shape index (κ3) is 4.31. The molecular formula is C21H23F2N5O2. The van der Waals surface area contributed by atoms with Crippen molar-refractivity contribution < 1.29 is 19.0 Å². The van der Waals surface area contributed by atoms with E-state index in [0.29, 0.717) is 12.1 Å². The highest BCUT2D eigenvalue weighted by atomic mass is 19.3. The molecule has 2 aromatic heterocycles. The van der Waals surface area contributed by atoms with E-state index < -0.39 is 18.6 Å². The van der Waals surface area contributed by atoms with E-state index in [1.54, 1.807) is 10.9 Å². The maximum atomic E-state index is 12.9. The van der Waals surface area contributed by atoms with Crippen molar-refractivity contribution in [2.75, 3.05) is 5.32 Å². The highest BCUT2D eigenvalue weighted by molar-refractivity contribution is 5.70. The van der Waals surface area contributed by atoms with Crippen molar-refractivity contribution in [3.05, 3.63) is 54.1 Å². The van der Waals surface area contributed by atoms with E-state index in [1.807, 2.05) is 31.3 Å². The molecule has 158 valence electrons. The zero-order chi connectivity index (χ0) is 21.3. The van der Waals surface area contributed by atoms with Crippen LogP contribution in [-0.2, 0) is 0 Å². The number of aryl methyl sites for hydroxylation is 1. The van der Waals surface area contributed by atoms with Crippen molar-refractivity contribution in [2.24, 2.45) is 0 Å². The lowest BCUT2D eigenvalue weighted by atomic mass is 9.90. The quantitative estimate of drug-likeness (QED) is 0.587. The first-order valence-corrected chi connectivity index (χ1v) is 9.81. The second-order valence-electron chi connectivity index (χ2n) is 7.58. The number of aliphatic hydroxyl groups is 2. The average molecular weight is 415 g/mol. The zero-order valence-corrected chi connectivity index (χ0v) is 16.4. The maximum absolute atomic E-state index is 12.9. The molecule has 4 rings (SSSR count). The third-order valence-electron chi connectivity index (χ3n) is 5.30. The van der Waals surface area contributed by atoms with Crippen molar-refractivity contribution >= 4 is 11.6 Å². The van der Waals surface area contributed by atoms with Crippen LogP contribution in [0.3, 0.4) is 0 Å². The lowest BCUT2D eigenvalue weighted by Gasteiger charge is -2.31. The highest BCUT2D eigenvalue weighted by Crippen LogP contribution is 2.31. The number of aromatic nitrogens is 4. The van der Waals surface area contributed by atoms with E-state index in [4.69, 9.17) is 0 Å². The molecule has 0 saturated heterocycles. The molecule has 0 radical (unpaired) electrons. The predicted molar refractivity (Wildman–Crippen MR) is 108 cm³/mol. The summed E-state index contributed by atoms with van der Waals surface area (Å²) in [5.41, 5.74) is 3.00. The highest BCUT2D eigenvalue weighted by Gasteiger charge is 2.32. The standard InChI is InChI=1S/C21H23F2N5O2/c1-12-7-13(9-15(8-12)26-21-24-6-5-16(27-21)20(22)23)14-10-25-28(11-14)17-3-2-4-18(29)19(17)30/h5-11,17-20,29-30H,2-4H2,1H3,(H,24,26,27). The number of hydrogen-bond acceptors (Lipinski definition) is 6. The van der Waals surface area contributed by atoms with Crippen LogP contribution in [0.2, 0.25) is 0 Å². The number of hydrogen-bond donors (Lipinski definition) is 3. The van der Waals surface area contributed by atoms with E-state index >= 15 is 0 Å². The molecule has 0 bridgehead atoms. The van der Waals surface area contributed by atoms with E-state index in [1.165, 1.54) is 12.3 Å². The molecule has 3 unspecified atom stereocenters. The molecule has 1 fully saturated rings. The van der Waals surface area contributed by atoms with Crippen molar-refractivity contribution in [3.8, 4) is 11.1 Å². The van der Waals surface area contributed by atoms with Gasteiger partial charge in [-0.05, 0) is 55.5 Å². The molecule has 0 aliphatic heterocycles. The summed E-state index contributed by atoms with van der Waals surface area (Å²) in [5, 5.41) is 27.6. The monoisotopic (exact) mass is 415 g/mol. The second kappa shape index (κ2) is 8.45. The maximum Gasteiger partial charge on any atom is 0.280 e. The molecule has 2 heterocycles. The largest absolute Gasteiger partial charge is 0.390 e. The normalized spacial score (nSPS) is 21.7. The lowest BCUT2D eigenvalue weighted by molar-refractivity contribution is -0.0425. The summed E-state index contributed by atoms with van der Waals surface area (Å²) in [4.78, 5) is 7.85. The minimum atomic E-state index is -2.67. The Morgan fingerprint density at radius 1 is 1.17 bits per heavy atom. The van der Waals surface area contributed by atoms with Gasteiger partial charge in [0.25, 0.3) is 6.43 Å². The Morgan fingerprint density at radius 3 is 2.80 bits per heavy atom. The van der Waals surface area contributed by atoms with Gasteiger partial charge in [-0.15, -0.1) is 0 Å². The van der Waals surface area contributed by atoms with Crippen LogP contribution in [0, 0.1) is 6.92 Å². The van der Waals surface area contributed by atoms with E-state index in [-0.39, 0.29) is 17.7 Å². The lowest BCUT2D eigenvalue weighted by Crippen LogP contribution is -2.38. The molecule has 0 amide bonds. The summed E-state index contributed by atoms with van der Waals surface area (Å²) in [6.07, 6.45) is 2.76. The van der Waals surface area contributed by atoms with Crippen molar-refractivity contribution in [3.63, 3.8) is 0 Å². The summed E-state index contributed by atoms with van der Waals surface area (Å²) >= 11 is 0. The van der Waals surface area contributed by atoms with Crippen molar-refractivity contribution in [1.29, 1.82) is 0 Å². The minimum absolute atomic E-state index is 0.0966. The number of nitrogens with zero attached hydrogens (tertiary/aromatic N) is 4. The fourth-order valence-electron chi connectivity index (χ4n) is 3.80. The molecule has 1 aliphatic rings. The number of nitrogens with one attached hydrogen (secondary N) is 1. The molecule has 3 N–H and O–H groups in total. The Bertz CT molecular complexity index is 1030. The SMILES string of the molecule is Cc1cc(Nc2nccc(C(F)F)n2)cc(-c2cnn(C3CCCC(O)C3O)c2)c1. The Morgan fingerprint density at radius 2 is 2.00 bits per heavy atom. The first-order chi connectivity index (χ1) is 14.4. The van der Waals surface area contributed by atoms with Gasteiger partial charge in [0, 0.05) is 23.6 Å². The van der Waals surface area contributed by atoms with Gasteiger partial charge in [0.1, 0.15) is 11.8 Å². The number of anilines is 2. The summed E-state index contributed by atoms with van der Waals surface area (Å²) in [6.45, 7) is 1.93. The van der Waals surface area contributed by atoms with Crippen LogP contribution in [-0.4, -0.2) is 42.2 Å². The van der Waals surface area contributed by atoms with Crippen LogP contribution in [0.5, 0.6) is 0 Å². The van der Waals surface area contributed by atoms with Crippen molar-refractivity contribution in [1.82, 2.24) is 19.7 Å². The summed E-state index contributed by atoms with van der Waals surface area (Å²) in [5.74, 6) is 0.0966. The van der Waals surface area contributed by atoms with Gasteiger partial charge in [0.05, 0.1) is 18.3 Å². The number of aliphatic hydroxyl groups excluding tert-OH is 2. The molecule has 1 aromatic carbocycles. The van der Waals surface area contributed by atoms with Crippen molar-refractivity contribution in [2.45, 2.75) is 50.9 Å². The molecule has 3 atom stereocenters. The minimum Gasteiger partial charge on any atom is -0.390 e. The van der Waals surface area contributed by atoms with Gasteiger partial charge in [-0.1, -0.05) is 6.07 Å². The smallest absolute Gasteiger partial charge is 0.280 e. The first-order valence-electron chi connectivity index (χ1n) is 9.81. The Kier molecular flexibility index (Phi) is 5.74. The number of benzene rings is 1. The molecule has 3 aromatic rings. The number of rotatable bonds is 5. The topological polar surface area (TPSA) is 96.1 Å². The zero-order valence-electron chi connectivity index (χ0n) is 16.4. The third-order valence-corrected chi connectivity index (χ3v) is 5.30. The predicted octanol–water partition coefficient (Wildman–Crippen LogP) is 3.78. The Balaban J connectivity index is 1.58. The fourth-order valence-corrected chi connectivity index (χ4v) is 3.80. The molecule has 1 saturated carbocycles. The summed E-state index contributed by atoms with van der Waals surface area (Å²) in [6, 6.07) is 6.62. The van der Waals surface area contributed by atoms with Gasteiger partial charge in [-0.25, -0.2) is 18.7 Å². The van der Waals surface area contributed by atoms with Crippen LogP contribution in [0.1, 0.15) is 43.0 Å². The van der Waals surface area contributed by atoms with Gasteiger partial charge in [-0.2, -0.15) is 5.10 Å². The second-order valence-corrected chi connectivity index (χ2v) is 7.58. The fraction of sp³-hybridized carbons (Fsp3) is 0.381. The van der Waals surface area contributed by atoms with Crippen LogP contribution in [0.25, 0.3) is 11.1 Å². The Hall–Kier alpha value is -2.91. The van der Waals surface area contributed by atoms with Crippen LogP contribution in [0.15, 0.2) is 42.9 Å². The number of halogens is 2. The molecule has 0 spiro atoms. The first kappa shape index (κ1) is 20.4. The van der Waals surface area contributed by atoms with E-state index in [2.05, 4.69) is 20.4 Å². The van der Waals surface area contributed by atoms with Gasteiger partial charge in [0.15, 0.2) is 0 Å². The average Bonchev–Trinajstić information content (AvgIpc) is 3.20. The van der Waals surface area contributed by atoms with Crippen LogP contribution in [0.4, 0.5) is 20.4 Å². The van der Waals surface area contributed by atoms with E-state index in [9.17, 15) is 19.0 Å². The van der Waals surface area contributed by atoms with Crippen LogP contribution < -0.4 is 5.32 Å². The summed E-state index contributed by atoms with van der Waals surface area (Å²) in [7, 11) is 0. The van der Waals surface area contributed by atoms with Gasteiger partial charge in [0.2, 0.25) is 5.95 Å². The molecule has 30 heavy (non-hydrogen) atoms. The number of alkyl halides is 2. The molecular weight excluding hydrogens is 392 g/mol. The molecule has 7 nitrogen and oxygen atoms in total. The van der Waals surface area contributed by atoms with Gasteiger partial charge in [-0.3, -0.25) is 4.68 Å². The summed E-state index contributed by atoms with van der Waals surface area (Å²) < 4.78 is 27.5. The van der Waals surface area contributed by atoms with Gasteiger partial charge >= 0.3 is 0 Å². The van der Waals surface area contributed by atoms with Crippen LogP contribution >= 0.6 is 0 Å².